The number of nitrogens with zero attached hydrogens (tertiary/aromatic N) is 2. The Balaban J connectivity index is 1.42. The fraction of sp³-hybridized carbons (Fsp3) is 0.368. The van der Waals surface area contributed by atoms with E-state index in [1.165, 1.54) is 12.1 Å². The molecule has 1 heterocycles. The van der Waals surface area contributed by atoms with Gasteiger partial charge in [-0.15, -0.1) is 0 Å². The maximum Gasteiger partial charge on any atom is 0.123 e. The fourth-order valence-corrected chi connectivity index (χ4v) is 3.21. The second kappa shape index (κ2) is 8.52. The number of para-hydroxylation sites is 1. The van der Waals surface area contributed by atoms with Gasteiger partial charge >= 0.3 is 0 Å². The van der Waals surface area contributed by atoms with Gasteiger partial charge in [0, 0.05) is 32.7 Å². The molecule has 2 aromatic carbocycles. The average molecular weight is 365 g/mol. The molecule has 0 aliphatic carbocycles. The second-order valence-electron chi connectivity index (χ2n) is 6.16. The summed E-state index contributed by atoms with van der Waals surface area (Å²) >= 11 is 6.25. The third-order valence-electron chi connectivity index (χ3n) is 4.29. The lowest BCUT2D eigenvalue weighted by atomic mass is 10.2. The summed E-state index contributed by atoms with van der Waals surface area (Å²) < 4.78 is 18.3. The molecule has 0 aromatic heterocycles. The van der Waals surface area contributed by atoms with Crippen LogP contribution in [0.4, 0.5) is 10.1 Å². The summed E-state index contributed by atoms with van der Waals surface area (Å²) in [6, 6.07) is 13.7. The van der Waals surface area contributed by atoms with E-state index < -0.39 is 6.10 Å². The Morgan fingerprint density at radius 2 is 1.72 bits per heavy atom. The maximum absolute atomic E-state index is 12.8. The van der Waals surface area contributed by atoms with Gasteiger partial charge in [0.2, 0.25) is 0 Å². The van der Waals surface area contributed by atoms with E-state index in [4.69, 9.17) is 16.3 Å². The standard InChI is InChI=1S/C19H22ClFN2O2/c20-18-3-1-2-4-19(18)23-11-9-22(10-12-23)13-16(24)14-25-17-7-5-15(21)6-8-17/h1-8,16,24H,9-14H2/t16-/m1/s1. The lowest BCUT2D eigenvalue weighted by molar-refractivity contribution is 0.0663. The predicted molar refractivity (Wildman–Crippen MR) is 98.0 cm³/mol. The number of rotatable bonds is 6. The number of aliphatic hydroxyl groups is 1. The molecule has 1 N–H and O–H groups in total. The lowest BCUT2D eigenvalue weighted by Gasteiger charge is -2.37. The molecule has 1 fully saturated rings. The van der Waals surface area contributed by atoms with Crippen molar-refractivity contribution in [2.75, 3.05) is 44.2 Å². The molecule has 1 aliphatic rings. The van der Waals surface area contributed by atoms with Gasteiger partial charge in [-0.3, -0.25) is 4.90 Å². The van der Waals surface area contributed by atoms with Crippen LogP contribution in [0.25, 0.3) is 0 Å². The van der Waals surface area contributed by atoms with Crippen molar-refractivity contribution in [1.82, 2.24) is 4.90 Å². The van der Waals surface area contributed by atoms with Crippen molar-refractivity contribution >= 4 is 17.3 Å². The molecule has 0 bridgehead atoms. The number of piperazine rings is 1. The highest BCUT2D eigenvalue weighted by Gasteiger charge is 2.20. The molecule has 3 rings (SSSR count). The molecule has 0 unspecified atom stereocenters. The van der Waals surface area contributed by atoms with Crippen LogP contribution in [0, 0.1) is 5.82 Å². The molecule has 0 amide bonds. The third-order valence-corrected chi connectivity index (χ3v) is 4.61. The number of hydrogen-bond acceptors (Lipinski definition) is 4. The van der Waals surface area contributed by atoms with Gasteiger partial charge in [0.1, 0.15) is 24.3 Å². The Morgan fingerprint density at radius 3 is 2.40 bits per heavy atom. The van der Waals surface area contributed by atoms with Gasteiger partial charge in [-0.05, 0) is 36.4 Å². The molecular weight excluding hydrogens is 343 g/mol. The van der Waals surface area contributed by atoms with Crippen molar-refractivity contribution in [3.8, 4) is 5.75 Å². The van der Waals surface area contributed by atoms with Gasteiger partial charge in [0.25, 0.3) is 0 Å². The molecule has 6 heteroatoms. The van der Waals surface area contributed by atoms with Crippen molar-refractivity contribution in [2.24, 2.45) is 0 Å². The summed E-state index contributed by atoms with van der Waals surface area (Å²) in [5, 5.41) is 10.9. The highest BCUT2D eigenvalue weighted by Crippen LogP contribution is 2.26. The molecule has 1 atom stereocenters. The summed E-state index contributed by atoms with van der Waals surface area (Å²) in [7, 11) is 0. The smallest absolute Gasteiger partial charge is 0.123 e. The van der Waals surface area contributed by atoms with E-state index >= 15 is 0 Å². The second-order valence-corrected chi connectivity index (χ2v) is 6.57. The number of ether oxygens (including phenoxy) is 1. The quantitative estimate of drug-likeness (QED) is 0.854. The Bertz CT molecular complexity index is 675. The first-order valence-corrected chi connectivity index (χ1v) is 8.78. The third kappa shape index (κ3) is 5.08. The van der Waals surface area contributed by atoms with Crippen LogP contribution in [0.5, 0.6) is 5.75 Å². The molecule has 4 nitrogen and oxygen atoms in total. The number of hydrogen-bond donors (Lipinski definition) is 1. The van der Waals surface area contributed by atoms with Crippen LogP contribution in [0.2, 0.25) is 5.02 Å². The molecule has 0 saturated carbocycles. The Morgan fingerprint density at radius 1 is 1.04 bits per heavy atom. The first-order valence-electron chi connectivity index (χ1n) is 8.40. The molecule has 2 aromatic rings. The van der Waals surface area contributed by atoms with E-state index in [-0.39, 0.29) is 12.4 Å². The topological polar surface area (TPSA) is 35.9 Å². The maximum atomic E-state index is 12.8. The summed E-state index contributed by atoms with van der Waals surface area (Å²) in [6.45, 7) is 4.20. The van der Waals surface area contributed by atoms with Gasteiger partial charge in [0.05, 0.1) is 10.7 Å². The van der Waals surface area contributed by atoms with Crippen molar-refractivity contribution in [1.29, 1.82) is 0 Å². The van der Waals surface area contributed by atoms with Gasteiger partial charge in [0.15, 0.2) is 0 Å². The largest absolute Gasteiger partial charge is 0.491 e. The molecule has 1 aliphatic heterocycles. The zero-order valence-electron chi connectivity index (χ0n) is 13.9. The minimum Gasteiger partial charge on any atom is -0.491 e. The summed E-state index contributed by atoms with van der Waals surface area (Å²) in [5.41, 5.74) is 1.06. The SMILES string of the molecule is O[C@@H](COc1ccc(F)cc1)CN1CCN(c2ccccc2Cl)CC1. The monoisotopic (exact) mass is 364 g/mol. The Hall–Kier alpha value is -1.82. The molecule has 25 heavy (non-hydrogen) atoms. The summed E-state index contributed by atoms with van der Waals surface area (Å²) in [6.07, 6.45) is -0.586. The number of benzene rings is 2. The molecule has 0 radical (unpaired) electrons. The summed E-state index contributed by atoms with van der Waals surface area (Å²) in [4.78, 5) is 4.48. The minimum atomic E-state index is -0.586. The van der Waals surface area contributed by atoms with Crippen LogP contribution < -0.4 is 9.64 Å². The Labute approximate surface area is 152 Å². The van der Waals surface area contributed by atoms with Crippen LogP contribution in [-0.4, -0.2) is 55.4 Å². The molecular formula is C19H22ClFN2O2. The molecule has 0 spiro atoms. The van der Waals surface area contributed by atoms with Crippen molar-refractivity contribution in [3.05, 3.63) is 59.4 Å². The van der Waals surface area contributed by atoms with Gasteiger partial charge < -0.3 is 14.7 Å². The zero-order valence-corrected chi connectivity index (χ0v) is 14.7. The van der Waals surface area contributed by atoms with Crippen molar-refractivity contribution < 1.29 is 14.2 Å². The fourth-order valence-electron chi connectivity index (χ4n) is 2.95. The van der Waals surface area contributed by atoms with Gasteiger partial charge in [-0.25, -0.2) is 4.39 Å². The van der Waals surface area contributed by atoms with E-state index in [0.29, 0.717) is 12.3 Å². The lowest BCUT2D eigenvalue weighted by Crippen LogP contribution is -2.49. The number of β-amino-alcohol motifs (C(OH)–C–C–N with tert-alkyl or cyclic N) is 1. The average Bonchev–Trinajstić information content (AvgIpc) is 2.62. The van der Waals surface area contributed by atoms with E-state index in [1.807, 2.05) is 24.3 Å². The van der Waals surface area contributed by atoms with E-state index in [0.717, 1.165) is 36.9 Å². The normalized spacial score (nSPS) is 16.7. The van der Waals surface area contributed by atoms with Crippen LogP contribution in [0.15, 0.2) is 48.5 Å². The summed E-state index contributed by atoms with van der Waals surface area (Å²) in [5.74, 6) is 0.258. The minimum absolute atomic E-state index is 0.191. The first-order chi connectivity index (χ1) is 12.1. The van der Waals surface area contributed by atoms with Crippen LogP contribution in [-0.2, 0) is 0 Å². The number of halogens is 2. The predicted octanol–water partition coefficient (Wildman–Crippen LogP) is 3.04. The number of aliphatic hydroxyl groups excluding tert-OH is 1. The zero-order chi connectivity index (χ0) is 17.6. The van der Waals surface area contributed by atoms with E-state index in [1.54, 1.807) is 12.1 Å². The van der Waals surface area contributed by atoms with Crippen LogP contribution >= 0.6 is 11.6 Å². The number of anilines is 1. The first kappa shape index (κ1) is 18.0. The van der Waals surface area contributed by atoms with Crippen LogP contribution in [0.3, 0.4) is 0 Å². The highest BCUT2D eigenvalue weighted by molar-refractivity contribution is 6.33. The molecule has 1 saturated heterocycles. The van der Waals surface area contributed by atoms with Crippen LogP contribution in [0.1, 0.15) is 0 Å². The van der Waals surface area contributed by atoms with E-state index in [2.05, 4.69) is 9.80 Å². The Kier molecular flexibility index (Phi) is 6.13. The van der Waals surface area contributed by atoms with Gasteiger partial charge in [-0.2, -0.15) is 0 Å². The molecule has 134 valence electrons. The van der Waals surface area contributed by atoms with Crippen molar-refractivity contribution in [3.63, 3.8) is 0 Å². The van der Waals surface area contributed by atoms with E-state index in [9.17, 15) is 9.50 Å². The van der Waals surface area contributed by atoms with Gasteiger partial charge in [-0.1, -0.05) is 23.7 Å². The van der Waals surface area contributed by atoms with Crippen molar-refractivity contribution in [2.45, 2.75) is 6.10 Å². The highest BCUT2D eigenvalue weighted by atomic mass is 35.5.